The molecule has 7 heteroatoms. The summed E-state index contributed by atoms with van der Waals surface area (Å²) in [5, 5.41) is 9.65. The molecule has 0 fully saturated rings. The Hall–Kier alpha value is -2.10. The monoisotopic (exact) mass is 336 g/mol. The molecule has 114 valence electrons. The van der Waals surface area contributed by atoms with Crippen molar-refractivity contribution in [1.82, 2.24) is 4.98 Å². The standard InChI is InChI=1S/C15H13ClN2O3S/c1-3-21-15-13(16)5-4-10(7-17)14(15)11-6-12(9-18-8-11)22(2,19)20/h4-6,8-9H,3H2,1-2H3. The molecule has 0 aliphatic carbocycles. The fourth-order valence-corrected chi connectivity index (χ4v) is 2.79. The van der Waals surface area contributed by atoms with E-state index < -0.39 is 9.84 Å². The summed E-state index contributed by atoms with van der Waals surface area (Å²) in [5.41, 5.74) is 1.24. The van der Waals surface area contributed by atoms with Gasteiger partial charge in [-0.05, 0) is 25.1 Å². The number of pyridine rings is 1. The highest BCUT2D eigenvalue weighted by Gasteiger charge is 2.18. The van der Waals surface area contributed by atoms with Crippen LogP contribution in [0.1, 0.15) is 12.5 Å². The molecular weight excluding hydrogens is 324 g/mol. The molecule has 22 heavy (non-hydrogen) atoms. The molecule has 2 rings (SSSR count). The predicted molar refractivity (Wildman–Crippen MR) is 83.7 cm³/mol. The minimum atomic E-state index is -3.41. The zero-order valence-corrected chi connectivity index (χ0v) is 13.6. The Bertz CT molecular complexity index is 858. The highest BCUT2D eigenvalue weighted by Crippen LogP contribution is 2.39. The first-order chi connectivity index (χ1) is 10.4. The summed E-state index contributed by atoms with van der Waals surface area (Å²) in [6.45, 7) is 2.16. The average Bonchev–Trinajstić information content (AvgIpc) is 2.48. The van der Waals surface area contributed by atoms with Gasteiger partial charge in [0, 0.05) is 29.8 Å². The number of nitriles is 1. The van der Waals surface area contributed by atoms with Gasteiger partial charge in [-0.15, -0.1) is 0 Å². The number of hydrogen-bond donors (Lipinski definition) is 0. The van der Waals surface area contributed by atoms with E-state index in [0.29, 0.717) is 34.1 Å². The van der Waals surface area contributed by atoms with Gasteiger partial charge in [-0.25, -0.2) is 8.42 Å². The maximum atomic E-state index is 11.7. The third-order valence-corrected chi connectivity index (χ3v) is 4.33. The third-order valence-electron chi connectivity index (χ3n) is 2.95. The number of aromatic nitrogens is 1. The number of sulfone groups is 1. The maximum absolute atomic E-state index is 11.7. The molecule has 0 saturated carbocycles. The van der Waals surface area contributed by atoms with E-state index in [9.17, 15) is 13.7 Å². The van der Waals surface area contributed by atoms with Gasteiger partial charge in [-0.1, -0.05) is 11.6 Å². The predicted octanol–water partition coefficient (Wildman–Crippen LogP) is 3.08. The van der Waals surface area contributed by atoms with Gasteiger partial charge in [0.05, 0.1) is 28.2 Å². The maximum Gasteiger partial charge on any atom is 0.177 e. The molecule has 1 aromatic carbocycles. The van der Waals surface area contributed by atoms with Crippen molar-refractivity contribution in [2.75, 3.05) is 12.9 Å². The van der Waals surface area contributed by atoms with Crippen LogP contribution < -0.4 is 4.74 Å². The molecule has 0 amide bonds. The fourth-order valence-electron chi connectivity index (χ4n) is 1.98. The molecular formula is C15H13ClN2O3S. The Morgan fingerprint density at radius 3 is 2.68 bits per heavy atom. The van der Waals surface area contributed by atoms with Crippen molar-refractivity contribution in [3.05, 3.63) is 41.2 Å². The van der Waals surface area contributed by atoms with Crippen LogP contribution in [0, 0.1) is 11.3 Å². The second-order valence-corrected chi connectivity index (χ2v) is 6.95. The highest BCUT2D eigenvalue weighted by molar-refractivity contribution is 7.90. The van der Waals surface area contributed by atoms with Gasteiger partial charge in [-0.2, -0.15) is 5.26 Å². The molecule has 0 aliphatic rings. The van der Waals surface area contributed by atoms with Crippen LogP contribution in [0.25, 0.3) is 11.1 Å². The molecule has 5 nitrogen and oxygen atoms in total. The minimum Gasteiger partial charge on any atom is -0.492 e. The number of rotatable bonds is 4. The fraction of sp³-hybridized carbons (Fsp3) is 0.200. The summed E-state index contributed by atoms with van der Waals surface area (Å²) >= 11 is 6.14. The molecule has 0 spiro atoms. The van der Waals surface area contributed by atoms with Crippen LogP contribution in [0.15, 0.2) is 35.5 Å². The van der Waals surface area contributed by atoms with E-state index in [2.05, 4.69) is 11.1 Å². The molecule has 1 aromatic heterocycles. The van der Waals surface area contributed by atoms with Gasteiger partial charge in [0.2, 0.25) is 0 Å². The van der Waals surface area contributed by atoms with Crippen molar-refractivity contribution in [3.63, 3.8) is 0 Å². The average molecular weight is 337 g/mol. The Kier molecular flexibility index (Phi) is 4.69. The first-order valence-corrected chi connectivity index (χ1v) is 8.66. The second kappa shape index (κ2) is 6.34. The molecule has 0 aliphatic heterocycles. The van der Waals surface area contributed by atoms with E-state index in [4.69, 9.17) is 16.3 Å². The first-order valence-electron chi connectivity index (χ1n) is 6.39. The van der Waals surface area contributed by atoms with Crippen molar-refractivity contribution >= 4 is 21.4 Å². The lowest BCUT2D eigenvalue weighted by molar-refractivity contribution is 0.342. The minimum absolute atomic E-state index is 0.0660. The van der Waals surface area contributed by atoms with Crippen LogP contribution in [0.2, 0.25) is 5.02 Å². The van der Waals surface area contributed by atoms with E-state index in [-0.39, 0.29) is 4.90 Å². The van der Waals surface area contributed by atoms with Gasteiger partial charge in [-0.3, -0.25) is 4.98 Å². The smallest absolute Gasteiger partial charge is 0.177 e. The molecule has 1 heterocycles. The topological polar surface area (TPSA) is 80.0 Å². The normalized spacial score (nSPS) is 11.0. The van der Waals surface area contributed by atoms with Gasteiger partial charge in [0.15, 0.2) is 9.84 Å². The zero-order chi connectivity index (χ0) is 16.3. The highest BCUT2D eigenvalue weighted by atomic mass is 35.5. The van der Waals surface area contributed by atoms with E-state index in [1.165, 1.54) is 18.5 Å². The number of halogens is 1. The van der Waals surface area contributed by atoms with Crippen molar-refractivity contribution in [2.24, 2.45) is 0 Å². The Labute approximate surface area is 134 Å². The molecule has 0 bridgehead atoms. The molecule has 0 atom stereocenters. The zero-order valence-electron chi connectivity index (χ0n) is 12.0. The number of hydrogen-bond acceptors (Lipinski definition) is 5. The molecule has 0 saturated heterocycles. The van der Waals surface area contributed by atoms with Crippen LogP contribution in [0.3, 0.4) is 0 Å². The van der Waals surface area contributed by atoms with Crippen molar-refractivity contribution in [3.8, 4) is 22.9 Å². The van der Waals surface area contributed by atoms with Gasteiger partial charge in [0.1, 0.15) is 5.75 Å². The summed E-state index contributed by atoms with van der Waals surface area (Å²) in [5.74, 6) is 0.343. The third kappa shape index (κ3) is 3.21. The van der Waals surface area contributed by atoms with Crippen LogP contribution in [-0.2, 0) is 9.84 Å². The lowest BCUT2D eigenvalue weighted by Gasteiger charge is -2.14. The van der Waals surface area contributed by atoms with Crippen LogP contribution in [0.4, 0.5) is 0 Å². The lowest BCUT2D eigenvalue weighted by Crippen LogP contribution is -2.01. The lowest BCUT2D eigenvalue weighted by atomic mass is 10.0. The molecule has 0 radical (unpaired) electrons. The summed E-state index contributed by atoms with van der Waals surface area (Å²) in [6.07, 6.45) is 3.83. The SMILES string of the molecule is CCOc1c(Cl)ccc(C#N)c1-c1cncc(S(C)(=O)=O)c1. The van der Waals surface area contributed by atoms with Crippen LogP contribution >= 0.6 is 11.6 Å². The Morgan fingerprint density at radius 2 is 2.09 bits per heavy atom. The summed E-state index contributed by atoms with van der Waals surface area (Å²) in [7, 11) is -3.41. The summed E-state index contributed by atoms with van der Waals surface area (Å²) < 4.78 is 28.9. The summed E-state index contributed by atoms with van der Waals surface area (Å²) in [6, 6.07) is 6.65. The van der Waals surface area contributed by atoms with Crippen molar-refractivity contribution in [2.45, 2.75) is 11.8 Å². The number of nitrogens with zero attached hydrogens (tertiary/aromatic N) is 2. The van der Waals surface area contributed by atoms with Crippen LogP contribution in [-0.4, -0.2) is 26.3 Å². The second-order valence-electron chi connectivity index (χ2n) is 4.53. The van der Waals surface area contributed by atoms with Crippen LogP contribution in [0.5, 0.6) is 5.75 Å². The van der Waals surface area contributed by atoms with E-state index in [1.54, 1.807) is 19.1 Å². The summed E-state index contributed by atoms with van der Waals surface area (Å²) in [4.78, 5) is 4.01. The Morgan fingerprint density at radius 1 is 1.36 bits per heavy atom. The van der Waals surface area contributed by atoms with Crippen molar-refractivity contribution < 1.29 is 13.2 Å². The first kappa shape index (κ1) is 16.3. The Balaban J connectivity index is 2.77. The van der Waals surface area contributed by atoms with E-state index in [0.717, 1.165) is 6.26 Å². The largest absolute Gasteiger partial charge is 0.492 e. The molecule has 0 N–H and O–H groups in total. The van der Waals surface area contributed by atoms with E-state index >= 15 is 0 Å². The van der Waals surface area contributed by atoms with E-state index in [1.807, 2.05) is 0 Å². The molecule has 0 unspecified atom stereocenters. The van der Waals surface area contributed by atoms with Crippen molar-refractivity contribution in [1.29, 1.82) is 5.26 Å². The van der Waals surface area contributed by atoms with Gasteiger partial charge in [0.25, 0.3) is 0 Å². The number of benzene rings is 1. The quantitative estimate of drug-likeness (QED) is 0.857. The number of ether oxygens (including phenoxy) is 1. The van der Waals surface area contributed by atoms with Gasteiger partial charge >= 0.3 is 0 Å². The van der Waals surface area contributed by atoms with Gasteiger partial charge < -0.3 is 4.74 Å². The molecule has 2 aromatic rings.